The molecule has 7 heteroatoms. The predicted molar refractivity (Wildman–Crippen MR) is 97.2 cm³/mol. The van der Waals surface area contributed by atoms with Gasteiger partial charge < -0.3 is 20.5 Å². The SMILES string of the molecule is CCCN=C(N)NC(=O)Nc1c(C)cc(OCC)c(OCC)c1C. The van der Waals surface area contributed by atoms with Gasteiger partial charge in [0.05, 0.1) is 18.9 Å². The Balaban J connectivity index is 3.02. The Hall–Kier alpha value is -2.44. The highest BCUT2D eigenvalue weighted by atomic mass is 16.5. The number of hydrogen-bond acceptors (Lipinski definition) is 4. The summed E-state index contributed by atoms with van der Waals surface area (Å²) in [6.07, 6.45) is 0.860. The number of anilines is 1. The van der Waals surface area contributed by atoms with Gasteiger partial charge in [-0.15, -0.1) is 0 Å². The zero-order valence-corrected chi connectivity index (χ0v) is 15.2. The Morgan fingerprint density at radius 2 is 1.88 bits per heavy atom. The van der Waals surface area contributed by atoms with Gasteiger partial charge in [0.15, 0.2) is 17.5 Å². The van der Waals surface area contributed by atoms with Crippen LogP contribution < -0.4 is 25.8 Å². The number of nitrogens with one attached hydrogen (secondary N) is 2. The summed E-state index contributed by atoms with van der Waals surface area (Å²) in [6.45, 7) is 11.2. The molecule has 0 unspecified atom stereocenters. The number of rotatable bonds is 7. The van der Waals surface area contributed by atoms with E-state index in [-0.39, 0.29) is 5.96 Å². The van der Waals surface area contributed by atoms with Crippen LogP contribution in [0.25, 0.3) is 0 Å². The summed E-state index contributed by atoms with van der Waals surface area (Å²) in [4.78, 5) is 16.1. The van der Waals surface area contributed by atoms with Crippen LogP contribution in [0.1, 0.15) is 38.3 Å². The predicted octanol–water partition coefficient (Wildman–Crippen LogP) is 2.95. The summed E-state index contributed by atoms with van der Waals surface area (Å²) in [5.74, 6) is 1.40. The summed E-state index contributed by atoms with van der Waals surface area (Å²) in [7, 11) is 0. The first-order chi connectivity index (χ1) is 11.4. The largest absolute Gasteiger partial charge is 0.490 e. The van der Waals surface area contributed by atoms with Crippen LogP contribution in [-0.4, -0.2) is 31.7 Å². The molecule has 0 radical (unpaired) electrons. The Kier molecular flexibility index (Phi) is 7.88. The van der Waals surface area contributed by atoms with Crippen molar-refractivity contribution in [3.05, 3.63) is 17.2 Å². The Morgan fingerprint density at radius 1 is 1.21 bits per heavy atom. The Morgan fingerprint density at radius 3 is 2.46 bits per heavy atom. The molecule has 24 heavy (non-hydrogen) atoms. The van der Waals surface area contributed by atoms with Gasteiger partial charge in [0.25, 0.3) is 0 Å². The maximum atomic E-state index is 12.1. The lowest BCUT2D eigenvalue weighted by Crippen LogP contribution is -2.40. The molecule has 0 saturated carbocycles. The average Bonchev–Trinajstić information content (AvgIpc) is 2.53. The minimum absolute atomic E-state index is 0.0978. The average molecular weight is 336 g/mol. The highest BCUT2D eigenvalue weighted by Gasteiger charge is 2.17. The molecule has 0 bridgehead atoms. The summed E-state index contributed by atoms with van der Waals surface area (Å²) < 4.78 is 11.3. The summed E-state index contributed by atoms with van der Waals surface area (Å²) in [5.41, 5.74) is 8.01. The third-order valence-electron chi connectivity index (χ3n) is 3.26. The molecule has 0 aliphatic carbocycles. The first kappa shape index (κ1) is 19.6. The molecule has 0 spiro atoms. The van der Waals surface area contributed by atoms with Gasteiger partial charge in [-0.1, -0.05) is 6.92 Å². The lowest BCUT2D eigenvalue weighted by atomic mass is 10.1. The van der Waals surface area contributed by atoms with Gasteiger partial charge in [-0.05, 0) is 45.7 Å². The van der Waals surface area contributed by atoms with E-state index in [1.165, 1.54) is 0 Å². The molecular weight excluding hydrogens is 308 g/mol. The number of nitrogens with zero attached hydrogens (tertiary/aromatic N) is 1. The molecule has 1 aromatic rings. The number of hydrogen-bond donors (Lipinski definition) is 3. The van der Waals surface area contributed by atoms with E-state index in [9.17, 15) is 4.79 Å². The number of nitrogens with two attached hydrogens (primary N) is 1. The monoisotopic (exact) mass is 336 g/mol. The van der Waals surface area contributed by atoms with E-state index in [1.54, 1.807) is 0 Å². The van der Waals surface area contributed by atoms with Crippen LogP contribution in [0, 0.1) is 13.8 Å². The van der Waals surface area contributed by atoms with Crippen LogP contribution in [0.5, 0.6) is 11.5 Å². The van der Waals surface area contributed by atoms with Gasteiger partial charge in [0, 0.05) is 12.1 Å². The fourth-order valence-corrected chi connectivity index (χ4v) is 2.24. The van der Waals surface area contributed by atoms with Gasteiger partial charge >= 0.3 is 6.03 Å². The topological polar surface area (TPSA) is 98.0 Å². The zero-order chi connectivity index (χ0) is 18.1. The quantitative estimate of drug-likeness (QED) is 0.526. The molecule has 0 aliphatic heterocycles. The number of carbonyl (C=O) groups is 1. The van der Waals surface area contributed by atoms with Gasteiger partial charge in [-0.25, -0.2) is 4.79 Å². The third-order valence-corrected chi connectivity index (χ3v) is 3.26. The van der Waals surface area contributed by atoms with Gasteiger partial charge in [0.2, 0.25) is 0 Å². The summed E-state index contributed by atoms with van der Waals surface area (Å²) in [6, 6.07) is 1.41. The fourth-order valence-electron chi connectivity index (χ4n) is 2.24. The second-order valence-electron chi connectivity index (χ2n) is 5.23. The zero-order valence-electron chi connectivity index (χ0n) is 15.2. The van der Waals surface area contributed by atoms with Gasteiger partial charge in [-0.3, -0.25) is 10.3 Å². The minimum Gasteiger partial charge on any atom is -0.490 e. The minimum atomic E-state index is -0.440. The van der Waals surface area contributed by atoms with Crippen molar-refractivity contribution < 1.29 is 14.3 Å². The normalized spacial score (nSPS) is 11.1. The van der Waals surface area contributed by atoms with E-state index in [1.807, 2.05) is 40.7 Å². The van der Waals surface area contributed by atoms with Crippen LogP contribution in [0.2, 0.25) is 0 Å². The number of guanidine groups is 1. The van der Waals surface area contributed by atoms with Gasteiger partial charge in [0.1, 0.15) is 0 Å². The molecule has 1 rings (SSSR count). The Bertz CT molecular complexity index is 600. The maximum absolute atomic E-state index is 12.1. The fraction of sp³-hybridized carbons (Fsp3) is 0.529. The number of aryl methyl sites for hydroxylation is 1. The molecule has 0 aromatic heterocycles. The molecule has 134 valence electrons. The molecule has 0 fully saturated rings. The molecule has 1 aromatic carbocycles. The lowest BCUT2D eigenvalue weighted by Gasteiger charge is -2.19. The van der Waals surface area contributed by atoms with Crippen molar-refractivity contribution in [2.45, 2.75) is 41.0 Å². The molecule has 7 nitrogen and oxygen atoms in total. The van der Waals surface area contributed by atoms with E-state index in [0.29, 0.717) is 36.9 Å². The van der Waals surface area contributed by atoms with E-state index < -0.39 is 6.03 Å². The summed E-state index contributed by atoms with van der Waals surface area (Å²) >= 11 is 0. The number of ether oxygens (including phenoxy) is 2. The smallest absolute Gasteiger partial charge is 0.326 e. The van der Waals surface area contributed by atoms with Crippen molar-refractivity contribution in [1.82, 2.24) is 5.32 Å². The second-order valence-corrected chi connectivity index (χ2v) is 5.23. The number of benzene rings is 1. The van der Waals surface area contributed by atoms with Crippen molar-refractivity contribution in [1.29, 1.82) is 0 Å². The van der Waals surface area contributed by atoms with E-state index in [2.05, 4.69) is 15.6 Å². The summed E-state index contributed by atoms with van der Waals surface area (Å²) in [5, 5.41) is 5.32. The molecule has 4 N–H and O–H groups in total. The van der Waals surface area contributed by atoms with Crippen LogP contribution >= 0.6 is 0 Å². The van der Waals surface area contributed by atoms with E-state index in [4.69, 9.17) is 15.2 Å². The number of carbonyl (C=O) groups excluding carboxylic acids is 1. The molecule has 2 amide bonds. The van der Waals surface area contributed by atoms with Crippen molar-refractivity contribution in [3.8, 4) is 11.5 Å². The molecule has 0 heterocycles. The second kappa shape index (κ2) is 9.64. The van der Waals surface area contributed by atoms with Crippen molar-refractivity contribution in [2.24, 2.45) is 10.7 Å². The lowest BCUT2D eigenvalue weighted by molar-refractivity contribution is 0.256. The van der Waals surface area contributed by atoms with Crippen LogP contribution in [0.15, 0.2) is 11.1 Å². The standard InChI is InChI=1S/C17H28N4O3/c1-6-9-19-16(18)21-17(22)20-14-11(4)10-13(23-7-2)15(12(14)5)24-8-3/h10H,6-9H2,1-5H3,(H4,18,19,20,21,22). The Labute approximate surface area is 143 Å². The van der Waals surface area contributed by atoms with E-state index >= 15 is 0 Å². The van der Waals surface area contributed by atoms with Gasteiger partial charge in [-0.2, -0.15) is 0 Å². The number of amides is 2. The van der Waals surface area contributed by atoms with Crippen LogP contribution in [0.3, 0.4) is 0 Å². The van der Waals surface area contributed by atoms with Crippen LogP contribution in [0.4, 0.5) is 10.5 Å². The van der Waals surface area contributed by atoms with Crippen LogP contribution in [-0.2, 0) is 0 Å². The molecule has 0 aliphatic rings. The van der Waals surface area contributed by atoms with Crippen molar-refractivity contribution in [2.75, 3.05) is 25.1 Å². The van der Waals surface area contributed by atoms with Crippen molar-refractivity contribution >= 4 is 17.7 Å². The first-order valence-corrected chi connectivity index (χ1v) is 8.22. The third kappa shape index (κ3) is 5.33. The highest BCUT2D eigenvalue weighted by molar-refractivity contribution is 6.02. The van der Waals surface area contributed by atoms with Crippen molar-refractivity contribution in [3.63, 3.8) is 0 Å². The highest BCUT2D eigenvalue weighted by Crippen LogP contribution is 2.38. The number of aliphatic imine (C=N–C) groups is 1. The number of urea groups is 1. The molecule has 0 atom stereocenters. The van der Waals surface area contributed by atoms with E-state index in [0.717, 1.165) is 17.5 Å². The maximum Gasteiger partial charge on any atom is 0.326 e. The first-order valence-electron chi connectivity index (χ1n) is 8.22. The molecular formula is C17H28N4O3. The molecule has 0 saturated heterocycles.